The highest BCUT2D eigenvalue weighted by Crippen LogP contribution is 2.39. The van der Waals surface area contributed by atoms with Crippen molar-refractivity contribution in [2.45, 2.75) is 33.1 Å². The van der Waals surface area contributed by atoms with Gasteiger partial charge in [0.05, 0.1) is 0 Å². The molecule has 0 spiro atoms. The predicted molar refractivity (Wildman–Crippen MR) is 94.8 cm³/mol. The molecular formula is C19H20BrN. The largest absolute Gasteiger partial charge is 0.354 e. The maximum atomic E-state index is 3.70. The van der Waals surface area contributed by atoms with E-state index in [-0.39, 0.29) is 0 Å². The molecule has 21 heavy (non-hydrogen) atoms. The van der Waals surface area contributed by atoms with Crippen LogP contribution in [-0.2, 0) is 12.8 Å². The molecule has 1 nitrogen and oxygen atoms in total. The number of rotatable bonds is 1. The van der Waals surface area contributed by atoms with Crippen LogP contribution in [0.5, 0.6) is 0 Å². The molecule has 1 heterocycles. The van der Waals surface area contributed by atoms with Crippen molar-refractivity contribution in [3.63, 3.8) is 0 Å². The lowest BCUT2D eigenvalue weighted by Crippen LogP contribution is -2.00. The van der Waals surface area contributed by atoms with Gasteiger partial charge in [0.15, 0.2) is 0 Å². The van der Waals surface area contributed by atoms with Gasteiger partial charge in [0.25, 0.3) is 0 Å². The minimum absolute atomic E-state index is 1.17. The second kappa shape index (κ2) is 6.07. The first kappa shape index (κ1) is 14.4. The molecule has 0 unspecified atom stereocenters. The molecule has 0 fully saturated rings. The molecule has 0 atom stereocenters. The molecule has 1 aromatic heterocycles. The third-order valence-corrected chi connectivity index (χ3v) is 4.78. The Morgan fingerprint density at radius 3 is 2.38 bits per heavy atom. The van der Waals surface area contributed by atoms with E-state index in [0.29, 0.717) is 0 Å². The van der Waals surface area contributed by atoms with Crippen molar-refractivity contribution >= 4 is 26.8 Å². The number of aryl methyl sites for hydroxylation is 2. The van der Waals surface area contributed by atoms with E-state index < -0.39 is 0 Å². The smallest absolute Gasteiger partial charge is 0.0497 e. The monoisotopic (exact) mass is 341 g/mol. The molecule has 108 valence electrons. The number of aromatic amines is 1. The van der Waals surface area contributed by atoms with E-state index in [0.717, 1.165) is 0 Å². The van der Waals surface area contributed by atoms with Gasteiger partial charge in [0.2, 0.25) is 0 Å². The van der Waals surface area contributed by atoms with Crippen LogP contribution in [0.3, 0.4) is 0 Å². The number of benzene rings is 2. The van der Waals surface area contributed by atoms with E-state index in [2.05, 4.69) is 63.4 Å². The van der Waals surface area contributed by atoms with E-state index in [1.807, 2.05) is 13.8 Å². The Morgan fingerprint density at radius 1 is 0.905 bits per heavy atom. The fraction of sp³-hybridized carbons (Fsp3) is 0.263. The third kappa shape index (κ3) is 2.42. The summed E-state index contributed by atoms with van der Waals surface area (Å²) < 4.78 is 1.25. The van der Waals surface area contributed by atoms with Gasteiger partial charge in [-0.3, -0.25) is 0 Å². The van der Waals surface area contributed by atoms with Crippen molar-refractivity contribution in [1.82, 2.24) is 4.98 Å². The number of H-pyrrole nitrogens is 1. The number of hydrogen-bond donors (Lipinski definition) is 1. The quantitative estimate of drug-likeness (QED) is 0.549. The van der Waals surface area contributed by atoms with Gasteiger partial charge in [0.1, 0.15) is 0 Å². The van der Waals surface area contributed by atoms with Crippen LogP contribution in [0.25, 0.3) is 22.2 Å². The first-order valence-corrected chi connectivity index (χ1v) is 8.51. The normalized spacial score (nSPS) is 12.9. The molecule has 2 aromatic carbocycles. The summed E-state index contributed by atoms with van der Waals surface area (Å²) >= 11 is 3.70. The fourth-order valence-electron chi connectivity index (χ4n) is 3.19. The lowest BCUT2D eigenvalue weighted by atomic mass is 9.90. The van der Waals surface area contributed by atoms with Gasteiger partial charge in [-0.05, 0) is 48.1 Å². The highest BCUT2D eigenvalue weighted by molar-refractivity contribution is 9.10. The summed E-state index contributed by atoms with van der Waals surface area (Å²) in [4.78, 5) is 3.62. The molecule has 1 aliphatic carbocycles. The van der Waals surface area contributed by atoms with Crippen molar-refractivity contribution in [3.05, 3.63) is 58.1 Å². The topological polar surface area (TPSA) is 15.8 Å². The summed E-state index contributed by atoms with van der Waals surface area (Å²) in [7, 11) is 0. The van der Waals surface area contributed by atoms with Crippen molar-refractivity contribution in [3.8, 4) is 11.3 Å². The Labute approximate surface area is 134 Å². The summed E-state index contributed by atoms with van der Waals surface area (Å²) in [6, 6.07) is 15.0. The summed E-state index contributed by atoms with van der Waals surface area (Å²) in [6.45, 7) is 4.00. The predicted octanol–water partition coefficient (Wildman–Crippen LogP) is 6.11. The molecule has 0 aliphatic heterocycles. The van der Waals surface area contributed by atoms with Gasteiger partial charge < -0.3 is 4.98 Å². The molecule has 1 aliphatic rings. The van der Waals surface area contributed by atoms with E-state index in [4.69, 9.17) is 0 Å². The molecule has 3 aromatic rings. The molecule has 0 saturated heterocycles. The first-order chi connectivity index (χ1) is 10.3. The zero-order valence-electron chi connectivity index (χ0n) is 12.5. The molecule has 0 radical (unpaired) electrons. The summed E-state index contributed by atoms with van der Waals surface area (Å²) in [5, 5.41) is 1.44. The highest BCUT2D eigenvalue weighted by Gasteiger charge is 2.20. The molecule has 4 rings (SSSR count). The zero-order chi connectivity index (χ0) is 14.8. The lowest BCUT2D eigenvalue weighted by molar-refractivity contribution is 0.808. The van der Waals surface area contributed by atoms with Crippen molar-refractivity contribution in [2.24, 2.45) is 0 Å². The third-order valence-electron chi connectivity index (χ3n) is 4.03. The number of aromatic nitrogens is 1. The van der Waals surface area contributed by atoms with Gasteiger partial charge in [-0.1, -0.05) is 60.1 Å². The van der Waals surface area contributed by atoms with Gasteiger partial charge >= 0.3 is 0 Å². The standard InChI is InChI=1S/C17H14BrN.C2H6/c18-14-9-10-15-16-12(14)7-4-8-13(16)17(19-15)11-5-2-1-3-6-11;1-2/h1-3,5-6,9-10,19H,4,7-8H2;1-2H3. The second-order valence-electron chi connectivity index (χ2n) is 5.15. The molecule has 1 N–H and O–H groups in total. The van der Waals surface area contributed by atoms with Gasteiger partial charge in [0, 0.05) is 21.1 Å². The van der Waals surface area contributed by atoms with Gasteiger partial charge in [-0.15, -0.1) is 0 Å². The Balaban J connectivity index is 0.000000636. The van der Waals surface area contributed by atoms with Crippen molar-refractivity contribution < 1.29 is 0 Å². The number of nitrogens with one attached hydrogen (secondary N) is 1. The Kier molecular flexibility index (Phi) is 4.16. The summed E-state index contributed by atoms with van der Waals surface area (Å²) in [5.74, 6) is 0. The zero-order valence-corrected chi connectivity index (χ0v) is 14.1. The van der Waals surface area contributed by atoms with Crippen LogP contribution >= 0.6 is 15.9 Å². The maximum Gasteiger partial charge on any atom is 0.0497 e. The summed E-state index contributed by atoms with van der Waals surface area (Å²) in [5.41, 5.74) is 6.82. The van der Waals surface area contributed by atoms with Crippen LogP contribution in [0, 0.1) is 0 Å². The van der Waals surface area contributed by atoms with Crippen LogP contribution in [0.4, 0.5) is 0 Å². The molecule has 2 heteroatoms. The highest BCUT2D eigenvalue weighted by atomic mass is 79.9. The average molecular weight is 342 g/mol. The van der Waals surface area contributed by atoms with Crippen LogP contribution in [0.1, 0.15) is 31.4 Å². The minimum atomic E-state index is 1.17. The fourth-order valence-corrected chi connectivity index (χ4v) is 3.72. The summed E-state index contributed by atoms with van der Waals surface area (Å²) in [6.07, 6.45) is 3.59. The maximum absolute atomic E-state index is 3.70. The first-order valence-electron chi connectivity index (χ1n) is 7.72. The van der Waals surface area contributed by atoms with Crippen LogP contribution in [0.2, 0.25) is 0 Å². The van der Waals surface area contributed by atoms with Gasteiger partial charge in [-0.2, -0.15) is 0 Å². The molecule has 0 bridgehead atoms. The Morgan fingerprint density at radius 2 is 1.62 bits per heavy atom. The molecule has 0 amide bonds. The van der Waals surface area contributed by atoms with E-state index in [9.17, 15) is 0 Å². The second-order valence-corrected chi connectivity index (χ2v) is 6.00. The Bertz CT molecular complexity index is 756. The van der Waals surface area contributed by atoms with Crippen LogP contribution in [-0.4, -0.2) is 4.98 Å². The van der Waals surface area contributed by atoms with Crippen molar-refractivity contribution in [1.29, 1.82) is 0 Å². The Hall–Kier alpha value is -1.54. The van der Waals surface area contributed by atoms with Crippen molar-refractivity contribution in [2.75, 3.05) is 0 Å². The van der Waals surface area contributed by atoms with E-state index >= 15 is 0 Å². The van der Waals surface area contributed by atoms with E-state index in [1.54, 1.807) is 0 Å². The number of hydrogen-bond acceptors (Lipinski definition) is 0. The SMILES string of the molecule is Brc1ccc2[nH]c(-c3ccccc3)c3c2c1CCC3.CC. The molecular weight excluding hydrogens is 322 g/mol. The molecule has 0 saturated carbocycles. The number of halogens is 1. The van der Waals surface area contributed by atoms with Gasteiger partial charge in [-0.25, -0.2) is 0 Å². The lowest BCUT2D eigenvalue weighted by Gasteiger charge is -2.15. The van der Waals surface area contributed by atoms with E-state index in [1.165, 1.54) is 57.0 Å². The minimum Gasteiger partial charge on any atom is -0.354 e. The average Bonchev–Trinajstić information content (AvgIpc) is 2.94. The van der Waals surface area contributed by atoms with Crippen LogP contribution in [0.15, 0.2) is 46.9 Å². The van der Waals surface area contributed by atoms with Crippen LogP contribution < -0.4 is 0 Å².